The van der Waals surface area contributed by atoms with E-state index in [1.54, 1.807) is 18.2 Å². The number of rotatable bonds is 6. The molecule has 1 aliphatic heterocycles. The number of benzene rings is 3. The van der Waals surface area contributed by atoms with Crippen molar-refractivity contribution in [1.29, 1.82) is 0 Å². The molecule has 0 fully saturated rings. The van der Waals surface area contributed by atoms with Gasteiger partial charge in [0.15, 0.2) is 6.61 Å². The molecule has 3 aromatic carbocycles. The average Bonchev–Trinajstić information content (AvgIpc) is 3.37. The minimum atomic E-state index is -0.541. The predicted octanol–water partition coefficient (Wildman–Crippen LogP) is 4.75. The van der Waals surface area contributed by atoms with Gasteiger partial charge in [-0.1, -0.05) is 36.4 Å². The first kappa shape index (κ1) is 22.2. The molecular weight excluding hydrogens is 468 g/mol. The standard InChI is InChI=1S/C25H18N4O5S/c30-23(26-18-7-4-8-19(12-18)29(32)33)13-28-21-11-17(9-10-22(21)34-14-24(28)31)20-15-35-25(27-20)16-5-2-1-3-6-16/h1-12,15H,13-14H2,(H,26,30). The Balaban J connectivity index is 1.39. The number of nitro benzene ring substituents is 1. The predicted molar refractivity (Wildman–Crippen MR) is 133 cm³/mol. The molecule has 2 heterocycles. The number of amides is 2. The van der Waals surface area contributed by atoms with E-state index in [9.17, 15) is 19.7 Å². The number of non-ortho nitro benzene ring substituents is 1. The maximum Gasteiger partial charge on any atom is 0.271 e. The number of thiazole rings is 1. The lowest BCUT2D eigenvalue weighted by molar-refractivity contribution is -0.384. The number of hydrogen-bond acceptors (Lipinski definition) is 7. The third-order valence-electron chi connectivity index (χ3n) is 5.37. The van der Waals surface area contributed by atoms with Crippen LogP contribution in [0.5, 0.6) is 5.75 Å². The van der Waals surface area contributed by atoms with Crippen LogP contribution in [0.15, 0.2) is 78.2 Å². The Morgan fingerprint density at radius 3 is 2.71 bits per heavy atom. The number of nitrogens with zero attached hydrogens (tertiary/aromatic N) is 3. The van der Waals surface area contributed by atoms with E-state index in [1.165, 1.54) is 34.4 Å². The van der Waals surface area contributed by atoms with Gasteiger partial charge in [-0.05, 0) is 24.3 Å². The molecule has 2 amide bonds. The second kappa shape index (κ2) is 9.35. The molecule has 10 heteroatoms. The summed E-state index contributed by atoms with van der Waals surface area (Å²) < 4.78 is 5.56. The summed E-state index contributed by atoms with van der Waals surface area (Å²) in [6, 6.07) is 20.8. The zero-order valence-electron chi connectivity index (χ0n) is 18.2. The Morgan fingerprint density at radius 1 is 1.09 bits per heavy atom. The highest BCUT2D eigenvalue weighted by Gasteiger charge is 2.28. The van der Waals surface area contributed by atoms with Crippen molar-refractivity contribution in [3.05, 3.63) is 88.3 Å². The maximum absolute atomic E-state index is 12.7. The highest BCUT2D eigenvalue weighted by atomic mass is 32.1. The molecule has 0 unspecified atom stereocenters. The van der Waals surface area contributed by atoms with Gasteiger partial charge >= 0.3 is 0 Å². The third-order valence-corrected chi connectivity index (χ3v) is 6.26. The van der Waals surface area contributed by atoms with Crippen LogP contribution in [0.3, 0.4) is 0 Å². The Labute approximate surface area is 203 Å². The number of ether oxygens (including phenoxy) is 1. The number of nitrogens with one attached hydrogen (secondary N) is 1. The van der Waals surface area contributed by atoms with Crippen molar-refractivity contribution in [2.75, 3.05) is 23.4 Å². The number of hydrogen-bond donors (Lipinski definition) is 1. The van der Waals surface area contributed by atoms with E-state index in [1.807, 2.05) is 41.8 Å². The van der Waals surface area contributed by atoms with Gasteiger partial charge in [0.1, 0.15) is 17.3 Å². The van der Waals surface area contributed by atoms with E-state index in [4.69, 9.17) is 9.72 Å². The lowest BCUT2D eigenvalue weighted by atomic mass is 10.1. The summed E-state index contributed by atoms with van der Waals surface area (Å²) in [7, 11) is 0. The van der Waals surface area contributed by atoms with Crippen LogP contribution in [0, 0.1) is 10.1 Å². The van der Waals surface area contributed by atoms with Gasteiger partial charge in [0, 0.05) is 34.3 Å². The highest BCUT2D eigenvalue weighted by molar-refractivity contribution is 7.13. The normalized spacial score (nSPS) is 12.6. The Morgan fingerprint density at radius 2 is 1.91 bits per heavy atom. The molecule has 0 radical (unpaired) electrons. The van der Waals surface area contributed by atoms with Crippen molar-refractivity contribution < 1.29 is 19.2 Å². The van der Waals surface area contributed by atoms with E-state index in [-0.39, 0.29) is 30.4 Å². The van der Waals surface area contributed by atoms with Gasteiger partial charge in [0.25, 0.3) is 11.6 Å². The smallest absolute Gasteiger partial charge is 0.271 e. The quantitative estimate of drug-likeness (QED) is 0.311. The zero-order valence-corrected chi connectivity index (χ0v) is 19.0. The Hall–Kier alpha value is -4.57. The number of anilines is 2. The molecule has 0 aliphatic carbocycles. The van der Waals surface area contributed by atoms with Crippen LogP contribution in [0.2, 0.25) is 0 Å². The van der Waals surface area contributed by atoms with Crippen LogP contribution in [0.4, 0.5) is 17.1 Å². The first-order valence-electron chi connectivity index (χ1n) is 10.6. The number of fused-ring (bicyclic) bond motifs is 1. The largest absolute Gasteiger partial charge is 0.482 e. The van der Waals surface area contributed by atoms with Gasteiger partial charge in [0.2, 0.25) is 5.91 Å². The van der Waals surface area contributed by atoms with E-state index in [0.717, 1.165) is 21.8 Å². The second-order valence-electron chi connectivity index (χ2n) is 7.71. The SMILES string of the molecule is O=C(CN1C(=O)COc2ccc(-c3csc(-c4ccccc4)n3)cc21)Nc1cccc([N+](=O)[O-])c1. The lowest BCUT2D eigenvalue weighted by Crippen LogP contribution is -2.43. The highest BCUT2D eigenvalue weighted by Crippen LogP contribution is 2.37. The molecule has 1 aliphatic rings. The number of carbonyl (C=O) groups excluding carboxylic acids is 2. The van der Waals surface area contributed by atoms with Crippen molar-refractivity contribution >= 4 is 40.2 Å². The van der Waals surface area contributed by atoms with E-state index in [0.29, 0.717) is 11.4 Å². The summed E-state index contributed by atoms with van der Waals surface area (Å²) in [6.45, 7) is -0.459. The molecule has 0 saturated carbocycles. The van der Waals surface area contributed by atoms with Crippen LogP contribution < -0.4 is 15.0 Å². The average molecular weight is 487 g/mol. The number of aromatic nitrogens is 1. The van der Waals surface area contributed by atoms with Crippen LogP contribution in [0.1, 0.15) is 0 Å². The van der Waals surface area contributed by atoms with Crippen molar-refractivity contribution in [2.24, 2.45) is 0 Å². The third kappa shape index (κ3) is 4.73. The fraction of sp³-hybridized carbons (Fsp3) is 0.0800. The van der Waals surface area contributed by atoms with Crippen molar-refractivity contribution in [2.45, 2.75) is 0 Å². The van der Waals surface area contributed by atoms with Crippen molar-refractivity contribution in [3.63, 3.8) is 0 Å². The van der Waals surface area contributed by atoms with E-state index in [2.05, 4.69) is 5.32 Å². The van der Waals surface area contributed by atoms with Gasteiger partial charge in [-0.3, -0.25) is 24.6 Å². The molecule has 0 spiro atoms. The van der Waals surface area contributed by atoms with Gasteiger partial charge in [-0.15, -0.1) is 11.3 Å². The first-order valence-corrected chi connectivity index (χ1v) is 11.5. The van der Waals surface area contributed by atoms with Crippen LogP contribution in [0.25, 0.3) is 21.8 Å². The molecule has 5 rings (SSSR count). The Kier molecular flexibility index (Phi) is 5.94. The van der Waals surface area contributed by atoms with Crippen LogP contribution in [-0.4, -0.2) is 34.9 Å². The summed E-state index contributed by atoms with van der Waals surface area (Å²) in [5.41, 5.74) is 3.13. The molecule has 35 heavy (non-hydrogen) atoms. The molecule has 9 nitrogen and oxygen atoms in total. The topological polar surface area (TPSA) is 115 Å². The molecule has 174 valence electrons. The van der Waals surface area contributed by atoms with Crippen LogP contribution >= 0.6 is 11.3 Å². The number of carbonyl (C=O) groups is 2. The molecule has 1 aromatic heterocycles. The zero-order chi connectivity index (χ0) is 24.4. The lowest BCUT2D eigenvalue weighted by Gasteiger charge is -2.29. The number of nitro groups is 1. The molecular formula is C25H18N4O5S. The minimum absolute atomic E-state index is 0.140. The Bertz CT molecular complexity index is 1440. The molecule has 1 N–H and O–H groups in total. The van der Waals surface area contributed by atoms with Gasteiger partial charge in [-0.25, -0.2) is 4.98 Å². The fourth-order valence-corrected chi connectivity index (χ4v) is 4.53. The summed E-state index contributed by atoms with van der Waals surface area (Å²) in [6.07, 6.45) is 0. The van der Waals surface area contributed by atoms with Gasteiger partial charge in [0.05, 0.1) is 16.3 Å². The molecule has 4 aromatic rings. The van der Waals surface area contributed by atoms with Crippen LogP contribution in [-0.2, 0) is 9.59 Å². The van der Waals surface area contributed by atoms with Gasteiger partial charge in [-0.2, -0.15) is 0 Å². The van der Waals surface area contributed by atoms with E-state index >= 15 is 0 Å². The second-order valence-corrected chi connectivity index (χ2v) is 8.57. The molecule has 0 atom stereocenters. The van der Waals surface area contributed by atoms with Crippen molar-refractivity contribution in [1.82, 2.24) is 4.98 Å². The summed E-state index contributed by atoms with van der Waals surface area (Å²) in [5, 5.41) is 16.4. The first-order chi connectivity index (χ1) is 17.0. The fourth-order valence-electron chi connectivity index (χ4n) is 3.70. The van der Waals surface area contributed by atoms with Crippen molar-refractivity contribution in [3.8, 4) is 27.6 Å². The monoisotopic (exact) mass is 486 g/mol. The van der Waals surface area contributed by atoms with E-state index < -0.39 is 10.8 Å². The maximum atomic E-state index is 12.7. The summed E-state index contributed by atoms with van der Waals surface area (Å²) in [5.74, 6) is -0.376. The minimum Gasteiger partial charge on any atom is -0.482 e. The summed E-state index contributed by atoms with van der Waals surface area (Å²) >= 11 is 1.52. The summed E-state index contributed by atoms with van der Waals surface area (Å²) in [4.78, 5) is 41.9. The molecule has 0 bridgehead atoms. The van der Waals surface area contributed by atoms with Gasteiger partial charge < -0.3 is 10.1 Å². The molecule has 0 saturated heterocycles.